The Hall–Kier alpha value is -3.65. The van der Waals surface area contributed by atoms with Crippen LogP contribution in [0.3, 0.4) is 0 Å². The maximum absolute atomic E-state index is 14.1. The number of rotatable bonds is 12. The van der Waals surface area contributed by atoms with Gasteiger partial charge in [0.05, 0.1) is 10.6 Å². The Bertz CT molecular complexity index is 1370. The van der Waals surface area contributed by atoms with Crippen molar-refractivity contribution in [3.05, 3.63) is 95.6 Å². The van der Waals surface area contributed by atoms with Gasteiger partial charge in [-0.15, -0.1) is 0 Å². The predicted molar refractivity (Wildman–Crippen MR) is 156 cm³/mol. The van der Waals surface area contributed by atoms with Crippen molar-refractivity contribution in [3.8, 4) is 0 Å². The zero-order valence-corrected chi connectivity index (χ0v) is 24.2. The first-order valence-electron chi connectivity index (χ1n) is 13.3. The molecule has 3 rings (SSSR count). The van der Waals surface area contributed by atoms with Crippen molar-refractivity contribution in [2.75, 3.05) is 17.4 Å². The van der Waals surface area contributed by atoms with Gasteiger partial charge >= 0.3 is 0 Å². The van der Waals surface area contributed by atoms with Crippen LogP contribution in [0, 0.1) is 19.8 Å². The molecular weight excluding hydrogens is 510 g/mol. The topological polar surface area (TPSA) is 86.8 Å². The van der Waals surface area contributed by atoms with Gasteiger partial charge in [-0.05, 0) is 61.6 Å². The molecule has 2 amide bonds. The van der Waals surface area contributed by atoms with Crippen LogP contribution in [-0.2, 0) is 26.2 Å². The van der Waals surface area contributed by atoms with E-state index in [4.69, 9.17) is 0 Å². The molecule has 39 heavy (non-hydrogen) atoms. The van der Waals surface area contributed by atoms with Gasteiger partial charge < -0.3 is 10.2 Å². The smallest absolute Gasteiger partial charge is 0.264 e. The number of aryl methyl sites for hydroxylation is 2. The minimum atomic E-state index is -4.07. The highest BCUT2D eigenvalue weighted by Gasteiger charge is 2.33. The number of anilines is 1. The van der Waals surface area contributed by atoms with Gasteiger partial charge in [0.15, 0.2) is 0 Å². The molecule has 3 aromatic rings. The molecule has 0 aliphatic carbocycles. The van der Waals surface area contributed by atoms with Gasteiger partial charge in [0.25, 0.3) is 10.0 Å². The molecule has 7 nitrogen and oxygen atoms in total. The van der Waals surface area contributed by atoms with Crippen LogP contribution >= 0.6 is 0 Å². The number of carbonyl (C=O) groups is 2. The van der Waals surface area contributed by atoms with Crippen molar-refractivity contribution in [1.82, 2.24) is 10.2 Å². The van der Waals surface area contributed by atoms with Gasteiger partial charge in [0.2, 0.25) is 11.8 Å². The van der Waals surface area contributed by atoms with E-state index >= 15 is 0 Å². The van der Waals surface area contributed by atoms with Crippen LogP contribution in [0.25, 0.3) is 0 Å². The van der Waals surface area contributed by atoms with Gasteiger partial charge in [0, 0.05) is 13.1 Å². The lowest BCUT2D eigenvalue weighted by Crippen LogP contribution is -2.52. The Balaban J connectivity index is 2.04. The fourth-order valence-corrected chi connectivity index (χ4v) is 5.81. The zero-order chi connectivity index (χ0) is 28.6. The molecule has 1 atom stereocenters. The van der Waals surface area contributed by atoms with Gasteiger partial charge in [-0.25, -0.2) is 8.42 Å². The van der Waals surface area contributed by atoms with E-state index in [-0.39, 0.29) is 23.3 Å². The predicted octanol–water partition coefficient (Wildman–Crippen LogP) is 5.08. The van der Waals surface area contributed by atoms with E-state index in [2.05, 4.69) is 5.32 Å². The second-order valence-corrected chi connectivity index (χ2v) is 12.1. The first-order chi connectivity index (χ1) is 18.5. The molecule has 1 N–H and O–H groups in total. The van der Waals surface area contributed by atoms with Crippen molar-refractivity contribution in [1.29, 1.82) is 0 Å². The summed E-state index contributed by atoms with van der Waals surface area (Å²) in [4.78, 5) is 28.9. The third-order valence-electron chi connectivity index (χ3n) is 6.41. The average Bonchev–Trinajstić information content (AvgIpc) is 2.90. The number of benzene rings is 3. The molecule has 0 aliphatic heterocycles. The summed E-state index contributed by atoms with van der Waals surface area (Å²) in [7, 11) is -4.07. The van der Waals surface area contributed by atoms with Crippen molar-refractivity contribution < 1.29 is 18.0 Å². The SMILES string of the molecule is CC[C@@H](C(=O)NCC(C)C)N(Cc1cccc(C)c1)C(=O)CN(c1cccc(C)c1)S(=O)(=O)c1ccccc1. The Labute approximate surface area is 232 Å². The van der Waals surface area contributed by atoms with Crippen LogP contribution in [-0.4, -0.2) is 44.3 Å². The molecule has 208 valence electrons. The fraction of sp³-hybridized carbons (Fsp3) is 0.355. The van der Waals surface area contributed by atoms with E-state index in [1.807, 2.05) is 65.0 Å². The van der Waals surface area contributed by atoms with Gasteiger partial charge in [-0.2, -0.15) is 0 Å². The number of sulfonamides is 1. The first-order valence-corrected chi connectivity index (χ1v) is 14.7. The van der Waals surface area contributed by atoms with E-state index in [9.17, 15) is 18.0 Å². The van der Waals surface area contributed by atoms with Crippen molar-refractivity contribution in [2.24, 2.45) is 5.92 Å². The molecule has 0 radical (unpaired) electrons. The summed E-state index contributed by atoms with van der Waals surface area (Å²) in [6, 6.07) is 22.1. The van der Waals surface area contributed by atoms with Crippen LogP contribution in [0.2, 0.25) is 0 Å². The zero-order valence-electron chi connectivity index (χ0n) is 23.4. The van der Waals surface area contributed by atoms with Crippen LogP contribution in [0.1, 0.15) is 43.9 Å². The fourth-order valence-electron chi connectivity index (χ4n) is 4.38. The summed E-state index contributed by atoms with van der Waals surface area (Å²) in [5, 5.41) is 2.95. The van der Waals surface area contributed by atoms with Gasteiger partial charge in [-0.3, -0.25) is 13.9 Å². The highest BCUT2D eigenvalue weighted by Crippen LogP contribution is 2.25. The summed E-state index contributed by atoms with van der Waals surface area (Å²) >= 11 is 0. The van der Waals surface area contributed by atoms with Gasteiger partial charge in [-0.1, -0.05) is 80.9 Å². The minimum absolute atomic E-state index is 0.0891. The molecule has 3 aromatic carbocycles. The lowest BCUT2D eigenvalue weighted by atomic mass is 10.1. The molecular formula is C31H39N3O4S. The third-order valence-corrected chi connectivity index (χ3v) is 8.19. The van der Waals surface area contributed by atoms with Gasteiger partial charge in [0.1, 0.15) is 12.6 Å². The number of nitrogens with one attached hydrogen (secondary N) is 1. The van der Waals surface area contributed by atoms with E-state index in [1.54, 1.807) is 36.4 Å². The molecule has 0 bridgehead atoms. The number of amides is 2. The average molecular weight is 550 g/mol. The lowest BCUT2D eigenvalue weighted by molar-refractivity contribution is -0.140. The van der Waals surface area contributed by atoms with E-state index < -0.39 is 28.5 Å². The number of nitrogens with zero attached hydrogens (tertiary/aromatic N) is 2. The summed E-state index contributed by atoms with van der Waals surface area (Å²) in [6.07, 6.45) is 0.386. The van der Waals surface area contributed by atoms with Crippen LogP contribution in [0.15, 0.2) is 83.8 Å². The molecule has 0 saturated carbocycles. The molecule has 0 heterocycles. The highest BCUT2D eigenvalue weighted by atomic mass is 32.2. The Morgan fingerprint density at radius 3 is 2.10 bits per heavy atom. The lowest BCUT2D eigenvalue weighted by Gasteiger charge is -2.33. The summed E-state index contributed by atoms with van der Waals surface area (Å²) in [5.41, 5.74) is 3.15. The second-order valence-electron chi connectivity index (χ2n) is 10.2. The number of carbonyl (C=O) groups excluding carboxylic acids is 2. The van der Waals surface area contributed by atoms with Crippen LogP contribution in [0.4, 0.5) is 5.69 Å². The minimum Gasteiger partial charge on any atom is -0.354 e. The van der Waals surface area contributed by atoms with Crippen molar-refractivity contribution in [3.63, 3.8) is 0 Å². The molecule has 0 aromatic heterocycles. The Morgan fingerprint density at radius 2 is 1.51 bits per heavy atom. The van der Waals surface area contributed by atoms with Crippen LogP contribution in [0.5, 0.6) is 0 Å². The maximum Gasteiger partial charge on any atom is 0.264 e. The van der Waals surface area contributed by atoms with E-state index in [1.165, 1.54) is 17.0 Å². The summed E-state index contributed by atoms with van der Waals surface area (Å²) in [6.45, 7) is 9.93. The van der Waals surface area contributed by atoms with Crippen molar-refractivity contribution in [2.45, 2.75) is 58.5 Å². The molecule has 0 fully saturated rings. The number of hydrogen-bond donors (Lipinski definition) is 1. The van der Waals surface area contributed by atoms with E-state index in [0.717, 1.165) is 21.0 Å². The standard InChI is InChI=1S/C31H39N3O4S/c1-6-29(31(36)32-20-23(2)3)33(21-26-14-10-12-24(4)18-26)30(35)22-34(27-15-11-13-25(5)19-27)39(37,38)28-16-8-7-9-17-28/h7-19,23,29H,6,20-22H2,1-5H3,(H,32,36)/t29-/m0/s1. The maximum atomic E-state index is 14.1. The Morgan fingerprint density at radius 1 is 0.872 bits per heavy atom. The molecule has 0 aliphatic rings. The largest absolute Gasteiger partial charge is 0.354 e. The Kier molecular flexibility index (Phi) is 10.3. The highest BCUT2D eigenvalue weighted by molar-refractivity contribution is 7.92. The molecule has 0 unspecified atom stereocenters. The molecule has 0 spiro atoms. The summed E-state index contributed by atoms with van der Waals surface area (Å²) < 4.78 is 28.8. The first kappa shape index (κ1) is 29.9. The quantitative estimate of drug-likeness (QED) is 0.341. The number of hydrogen-bond acceptors (Lipinski definition) is 4. The normalized spacial score (nSPS) is 12.2. The molecule has 8 heteroatoms. The summed E-state index contributed by atoms with van der Waals surface area (Å²) in [5.74, 6) is -0.454. The third kappa shape index (κ3) is 7.93. The second kappa shape index (κ2) is 13.4. The van der Waals surface area contributed by atoms with Crippen LogP contribution < -0.4 is 9.62 Å². The monoisotopic (exact) mass is 549 g/mol. The molecule has 0 saturated heterocycles. The van der Waals surface area contributed by atoms with E-state index in [0.29, 0.717) is 18.7 Å². The van der Waals surface area contributed by atoms with Crippen molar-refractivity contribution >= 4 is 27.5 Å².